The van der Waals surface area contributed by atoms with Crippen molar-refractivity contribution in [1.29, 1.82) is 0 Å². The van der Waals surface area contributed by atoms with Crippen LogP contribution in [0.3, 0.4) is 0 Å². The van der Waals surface area contributed by atoms with Crippen molar-refractivity contribution in [2.24, 2.45) is 4.99 Å². The zero-order valence-electron chi connectivity index (χ0n) is 15.8. The fraction of sp³-hybridized carbons (Fsp3) is 0.632. The second kappa shape index (κ2) is 10.9. The molecule has 0 radical (unpaired) electrons. The lowest BCUT2D eigenvalue weighted by atomic mass is 10.2. The molecule has 0 aromatic heterocycles. The van der Waals surface area contributed by atoms with Crippen molar-refractivity contribution in [2.75, 3.05) is 45.9 Å². The van der Waals surface area contributed by atoms with Crippen molar-refractivity contribution in [1.82, 2.24) is 15.5 Å². The monoisotopic (exact) mass is 348 g/mol. The van der Waals surface area contributed by atoms with Gasteiger partial charge in [-0.05, 0) is 38.5 Å². The van der Waals surface area contributed by atoms with Crippen LogP contribution in [-0.4, -0.2) is 62.9 Å². The topological polar surface area (TPSA) is 58.1 Å². The van der Waals surface area contributed by atoms with Gasteiger partial charge in [0.15, 0.2) is 5.96 Å². The Balaban J connectivity index is 1.79. The van der Waals surface area contributed by atoms with Gasteiger partial charge in [0, 0.05) is 32.7 Å². The van der Waals surface area contributed by atoms with E-state index in [0.29, 0.717) is 6.54 Å². The summed E-state index contributed by atoms with van der Waals surface area (Å²) in [6, 6.07) is 8.14. The first-order valence-corrected chi connectivity index (χ1v) is 9.25. The van der Waals surface area contributed by atoms with Gasteiger partial charge in [-0.2, -0.15) is 0 Å². The van der Waals surface area contributed by atoms with E-state index >= 15 is 0 Å². The summed E-state index contributed by atoms with van der Waals surface area (Å²) in [5.74, 6) is 1.76. The Kier molecular flexibility index (Phi) is 8.55. The van der Waals surface area contributed by atoms with E-state index in [9.17, 15) is 0 Å². The molecule has 1 aliphatic heterocycles. The third kappa shape index (κ3) is 7.75. The summed E-state index contributed by atoms with van der Waals surface area (Å²) in [6.45, 7) is 13.2. The molecule has 1 aliphatic rings. The van der Waals surface area contributed by atoms with Crippen LogP contribution in [0.5, 0.6) is 5.75 Å². The van der Waals surface area contributed by atoms with E-state index in [2.05, 4.69) is 39.6 Å². The van der Waals surface area contributed by atoms with Gasteiger partial charge in [-0.25, -0.2) is 4.99 Å². The molecular weight excluding hydrogens is 316 g/mol. The number of hydrogen-bond acceptors (Lipinski definition) is 4. The number of aliphatic imine (C=N–C) groups is 1. The smallest absolute Gasteiger partial charge is 0.191 e. The lowest BCUT2D eigenvalue weighted by Gasteiger charge is -2.26. The molecule has 1 fully saturated rings. The highest BCUT2D eigenvalue weighted by Gasteiger charge is 2.09. The van der Waals surface area contributed by atoms with E-state index in [-0.39, 0.29) is 6.10 Å². The summed E-state index contributed by atoms with van der Waals surface area (Å²) in [7, 11) is 0. The average Bonchev–Trinajstić information content (AvgIpc) is 2.61. The van der Waals surface area contributed by atoms with E-state index in [0.717, 1.165) is 57.6 Å². The van der Waals surface area contributed by atoms with Crippen LogP contribution in [-0.2, 0) is 11.3 Å². The molecule has 140 valence electrons. The van der Waals surface area contributed by atoms with Crippen molar-refractivity contribution in [3.05, 3.63) is 29.8 Å². The summed E-state index contributed by atoms with van der Waals surface area (Å²) in [5, 5.41) is 6.71. The molecule has 6 nitrogen and oxygen atoms in total. The van der Waals surface area contributed by atoms with Crippen LogP contribution in [0.25, 0.3) is 0 Å². The Hall–Kier alpha value is -1.79. The minimum atomic E-state index is 0.194. The molecule has 1 aromatic rings. The number of nitrogens with zero attached hydrogens (tertiary/aromatic N) is 2. The zero-order chi connectivity index (χ0) is 17.9. The number of morpholine rings is 1. The maximum Gasteiger partial charge on any atom is 0.191 e. The molecule has 2 N–H and O–H groups in total. The molecule has 1 aromatic carbocycles. The number of benzene rings is 1. The Morgan fingerprint density at radius 2 is 1.92 bits per heavy atom. The maximum absolute atomic E-state index is 5.67. The molecule has 0 saturated carbocycles. The molecule has 0 bridgehead atoms. The first kappa shape index (κ1) is 19.5. The highest BCUT2D eigenvalue weighted by atomic mass is 16.5. The summed E-state index contributed by atoms with van der Waals surface area (Å²) in [5.41, 5.74) is 1.17. The van der Waals surface area contributed by atoms with Crippen LogP contribution in [0.15, 0.2) is 29.3 Å². The third-order valence-corrected chi connectivity index (χ3v) is 3.88. The summed E-state index contributed by atoms with van der Waals surface area (Å²) < 4.78 is 11.0. The molecule has 1 saturated heterocycles. The van der Waals surface area contributed by atoms with Gasteiger partial charge in [-0.3, -0.25) is 4.90 Å². The highest BCUT2D eigenvalue weighted by molar-refractivity contribution is 5.79. The molecule has 0 unspecified atom stereocenters. The first-order chi connectivity index (χ1) is 12.2. The first-order valence-electron chi connectivity index (χ1n) is 9.25. The standard InChI is InChI=1S/C19H32N4O2/c1-4-20-19(21-9-10-23-11-13-24-14-12-23)22-15-17-5-7-18(8-6-17)25-16(2)3/h5-8,16H,4,9-15H2,1-3H3,(H2,20,21,22). The predicted molar refractivity (Wildman–Crippen MR) is 102 cm³/mol. The summed E-state index contributed by atoms with van der Waals surface area (Å²) in [6.07, 6.45) is 0.194. The van der Waals surface area contributed by atoms with E-state index in [4.69, 9.17) is 9.47 Å². The second-order valence-electron chi connectivity index (χ2n) is 6.39. The van der Waals surface area contributed by atoms with Gasteiger partial charge in [0.1, 0.15) is 5.75 Å². The van der Waals surface area contributed by atoms with Crippen LogP contribution in [0, 0.1) is 0 Å². The van der Waals surface area contributed by atoms with Gasteiger partial charge >= 0.3 is 0 Å². The summed E-state index contributed by atoms with van der Waals surface area (Å²) in [4.78, 5) is 7.08. The molecule has 0 atom stereocenters. The van der Waals surface area contributed by atoms with E-state index in [1.807, 2.05) is 26.0 Å². The molecule has 1 heterocycles. The van der Waals surface area contributed by atoms with Crippen molar-refractivity contribution >= 4 is 5.96 Å². The normalized spacial score (nSPS) is 16.1. The molecular formula is C19H32N4O2. The van der Waals surface area contributed by atoms with Crippen LogP contribution >= 0.6 is 0 Å². The number of guanidine groups is 1. The Morgan fingerprint density at radius 1 is 1.20 bits per heavy atom. The van der Waals surface area contributed by atoms with Crippen LogP contribution in [0.2, 0.25) is 0 Å². The number of hydrogen-bond donors (Lipinski definition) is 2. The quantitative estimate of drug-likeness (QED) is 0.555. The molecule has 0 aliphatic carbocycles. The van der Waals surface area contributed by atoms with Crippen LogP contribution in [0.1, 0.15) is 26.3 Å². The molecule has 2 rings (SSSR count). The fourth-order valence-corrected chi connectivity index (χ4v) is 2.61. The van der Waals surface area contributed by atoms with Gasteiger partial charge in [-0.1, -0.05) is 12.1 Å². The molecule has 25 heavy (non-hydrogen) atoms. The van der Waals surface area contributed by atoms with E-state index in [1.54, 1.807) is 0 Å². The molecule has 6 heteroatoms. The lowest BCUT2D eigenvalue weighted by Crippen LogP contribution is -2.44. The van der Waals surface area contributed by atoms with Crippen molar-refractivity contribution in [2.45, 2.75) is 33.4 Å². The van der Waals surface area contributed by atoms with Crippen molar-refractivity contribution in [3.63, 3.8) is 0 Å². The number of nitrogens with one attached hydrogen (secondary N) is 2. The molecule has 0 amide bonds. The third-order valence-electron chi connectivity index (χ3n) is 3.88. The Labute approximate surface area is 151 Å². The maximum atomic E-state index is 5.67. The van der Waals surface area contributed by atoms with Crippen molar-refractivity contribution < 1.29 is 9.47 Å². The van der Waals surface area contributed by atoms with Gasteiger partial charge in [0.25, 0.3) is 0 Å². The lowest BCUT2D eigenvalue weighted by molar-refractivity contribution is 0.0389. The number of rotatable bonds is 8. The van der Waals surface area contributed by atoms with E-state index < -0.39 is 0 Å². The predicted octanol–water partition coefficient (Wildman–Crippen LogP) is 1.86. The SMILES string of the molecule is CCNC(=NCc1ccc(OC(C)C)cc1)NCCN1CCOCC1. The average molecular weight is 348 g/mol. The van der Waals surface area contributed by atoms with Crippen LogP contribution < -0.4 is 15.4 Å². The van der Waals surface area contributed by atoms with Crippen molar-refractivity contribution in [3.8, 4) is 5.75 Å². The van der Waals surface area contributed by atoms with Gasteiger partial charge < -0.3 is 20.1 Å². The summed E-state index contributed by atoms with van der Waals surface area (Å²) >= 11 is 0. The minimum Gasteiger partial charge on any atom is -0.491 e. The number of ether oxygens (including phenoxy) is 2. The minimum absolute atomic E-state index is 0.194. The Morgan fingerprint density at radius 3 is 2.56 bits per heavy atom. The second-order valence-corrected chi connectivity index (χ2v) is 6.39. The largest absolute Gasteiger partial charge is 0.491 e. The fourth-order valence-electron chi connectivity index (χ4n) is 2.61. The van der Waals surface area contributed by atoms with Crippen LogP contribution in [0.4, 0.5) is 0 Å². The Bertz CT molecular complexity index is 511. The highest BCUT2D eigenvalue weighted by Crippen LogP contribution is 2.14. The van der Waals surface area contributed by atoms with Gasteiger partial charge in [0.2, 0.25) is 0 Å². The molecule has 0 spiro atoms. The van der Waals surface area contributed by atoms with E-state index in [1.165, 1.54) is 5.56 Å². The zero-order valence-corrected chi connectivity index (χ0v) is 15.8. The van der Waals surface area contributed by atoms with Gasteiger partial charge in [0.05, 0.1) is 25.9 Å². The van der Waals surface area contributed by atoms with Gasteiger partial charge in [-0.15, -0.1) is 0 Å².